The fraction of sp³-hybridized carbons (Fsp3) is 0.188. The van der Waals surface area contributed by atoms with E-state index >= 15 is 0 Å². The van der Waals surface area contributed by atoms with Gasteiger partial charge in [-0.2, -0.15) is 0 Å². The minimum atomic E-state index is -0.202. The van der Waals surface area contributed by atoms with Crippen molar-refractivity contribution in [3.63, 3.8) is 0 Å². The van der Waals surface area contributed by atoms with Gasteiger partial charge in [-0.15, -0.1) is 0 Å². The smallest absolute Gasteiger partial charge is 0.321 e. The fourth-order valence-corrected chi connectivity index (χ4v) is 2.00. The maximum absolute atomic E-state index is 12.2. The second kappa shape index (κ2) is 6.65. The zero-order valence-corrected chi connectivity index (χ0v) is 12.2. The van der Waals surface area contributed by atoms with Gasteiger partial charge in [-0.25, -0.2) is 4.79 Å². The molecule has 0 bridgehead atoms. The highest BCUT2D eigenvalue weighted by Crippen LogP contribution is 2.19. The zero-order valence-electron chi connectivity index (χ0n) is 12.2. The third kappa shape index (κ3) is 3.89. The summed E-state index contributed by atoms with van der Waals surface area (Å²) in [7, 11) is 3.35. The molecule has 2 aromatic rings. The number of hydrogen-bond acceptors (Lipinski definition) is 3. The molecule has 2 amide bonds. The van der Waals surface area contributed by atoms with Gasteiger partial charge in [-0.05, 0) is 24.3 Å². The Hall–Kier alpha value is -2.69. The molecule has 0 atom stereocenters. The van der Waals surface area contributed by atoms with E-state index in [1.165, 1.54) is 0 Å². The van der Waals surface area contributed by atoms with Gasteiger partial charge in [0.15, 0.2) is 0 Å². The number of nitrogens with zero attached hydrogens (tertiary/aromatic N) is 1. The molecule has 5 heteroatoms. The lowest BCUT2D eigenvalue weighted by atomic mass is 10.2. The van der Waals surface area contributed by atoms with Crippen LogP contribution in [-0.2, 0) is 6.54 Å². The average molecular weight is 285 g/mol. The molecule has 0 unspecified atom stereocenters. The second-order valence-corrected chi connectivity index (χ2v) is 4.72. The van der Waals surface area contributed by atoms with Gasteiger partial charge in [0.2, 0.25) is 0 Å². The van der Waals surface area contributed by atoms with Gasteiger partial charge in [0.05, 0.1) is 13.7 Å². The summed E-state index contributed by atoms with van der Waals surface area (Å²) in [4.78, 5) is 13.7. The molecule has 2 rings (SSSR count). The summed E-state index contributed by atoms with van der Waals surface area (Å²) in [6, 6.07) is 14.5. The van der Waals surface area contributed by atoms with Crippen LogP contribution in [0.4, 0.5) is 16.2 Å². The van der Waals surface area contributed by atoms with Crippen LogP contribution in [0.5, 0.6) is 5.75 Å². The lowest BCUT2D eigenvalue weighted by Crippen LogP contribution is -2.31. The van der Waals surface area contributed by atoms with Gasteiger partial charge < -0.3 is 20.7 Å². The number of nitrogens with one attached hydrogen (secondary N) is 1. The summed E-state index contributed by atoms with van der Waals surface area (Å²) in [5.74, 6) is 0.765. The number of anilines is 2. The first-order valence-corrected chi connectivity index (χ1v) is 6.59. The first-order valence-electron chi connectivity index (χ1n) is 6.59. The van der Waals surface area contributed by atoms with Crippen molar-refractivity contribution in [3.05, 3.63) is 54.1 Å². The number of para-hydroxylation sites is 1. The maximum Gasteiger partial charge on any atom is 0.321 e. The van der Waals surface area contributed by atoms with E-state index in [1.54, 1.807) is 43.3 Å². The number of methoxy groups -OCH3 is 1. The Kier molecular flexibility index (Phi) is 4.66. The van der Waals surface area contributed by atoms with Crippen LogP contribution in [0.25, 0.3) is 0 Å². The molecule has 0 aliphatic rings. The van der Waals surface area contributed by atoms with Crippen LogP contribution < -0.4 is 15.8 Å². The number of carbonyl (C=O) groups excluding carboxylic acids is 1. The number of nitrogen functional groups attached to an aromatic ring is 1. The summed E-state index contributed by atoms with van der Waals surface area (Å²) in [5.41, 5.74) is 7.92. The van der Waals surface area contributed by atoms with E-state index in [0.717, 1.165) is 11.3 Å². The molecule has 0 aromatic heterocycles. The minimum absolute atomic E-state index is 0.202. The number of amides is 2. The molecule has 0 spiro atoms. The molecule has 3 N–H and O–H groups in total. The topological polar surface area (TPSA) is 67.6 Å². The Labute approximate surface area is 124 Å². The van der Waals surface area contributed by atoms with Crippen molar-refractivity contribution in [2.24, 2.45) is 0 Å². The van der Waals surface area contributed by atoms with Crippen LogP contribution in [0, 0.1) is 0 Å². The van der Waals surface area contributed by atoms with Crippen LogP contribution in [-0.4, -0.2) is 25.1 Å². The van der Waals surface area contributed by atoms with Crippen molar-refractivity contribution >= 4 is 17.4 Å². The van der Waals surface area contributed by atoms with Crippen molar-refractivity contribution in [3.8, 4) is 5.75 Å². The van der Waals surface area contributed by atoms with E-state index in [0.29, 0.717) is 17.9 Å². The second-order valence-electron chi connectivity index (χ2n) is 4.72. The molecule has 0 saturated carbocycles. The highest BCUT2D eigenvalue weighted by molar-refractivity contribution is 5.89. The number of ether oxygens (including phenoxy) is 1. The summed E-state index contributed by atoms with van der Waals surface area (Å²) >= 11 is 0. The van der Waals surface area contributed by atoms with Crippen molar-refractivity contribution in [2.45, 2.75) is 6.54 Å². The molecule has 0 radical (unpaired) electrons. The van der Waals surface area contributed by atoms with Gasteiger partial charge in [0, 0.05) is 24.0 Å². The molecule has 21 heavy (non-hydrogen) atoms. The van der Waals surface area contributed by atoms with Gasteiger partial charge in [-0.3, -0.25) is 0 Å². The fourth-order valence-electron chi connectivity index (χ4n) is 2.00. The van der Waals surface area contributed by atoms with Crippen LogP contribution in [0.15, 0.2) is 48.5 Å². The van der Waals surface area contributed by atoms with E-state index in [1.807, 2.05) is 24.3 Å². The van der Waals surface area contributed by atoms with Crippen molar-refractivity contribution in [2.75, 3.05) is 25.2 Å². The summed E-state index contributed by atoms with van der Waals surface area (Å²) in [6.07, 6.45) is 0. The van der Waals surface area contributed by atoms with E-state index < -0.39 is 0 Å². The molecule has 0 aliphatic heterocycles. The molecule has 0 aliphatic carbocycles. The summed E-state index contributed by atoms with van der Waals surface area (Å²) in [5, 5.41) is 2.81. The molecular formula is C16H19N3O2. The standard InChI is InChI=1S/C16H19N3O2/c1-19(11-12-6-3-4-9-15(12)21-2)16(20)18-14-8-5-7-13(17)10-14/h3-10H,11,17H2,1-2H3,(H,18,20). The quantitative estimate of drug-likeness (QED) is 0.849. The highest BCUT2D eigenvalue weighted by Gasteiger charge is 2.11. The van der Waals surface area contributed by atoms with Gasteiger partial charge in [-0.1, -0.05) is 24.3 Å². The van der Waals surface area contributed by atoms with Crippen LogP contribution in [0.1, 0.15) is 5.56 Å². The lowest BCUT2D eigenvalue weighted by molar-refractivity contribution is 0.220. The molecule has 2 aromatic carbocycles. The number of benzene rings is 2. The molecule has 0 saturated heterocycles. The minimum Gasteiger partial charge on any atom is -0.496 e. The Bertz CT molecular complexity index is 628. The van der Waals surface area contributed by atoms with Crippen LogP contribution in [0.3, 0.4) is 0 Å². The predicted octanol–water partition coefficient (Wildman–Crippen LogP) is 2.94. The monoisotopic (exact) mass is 285 g/mol. The Morgan fingerprint density at radius 2 is 2.00 bits per heavy atom. The lowest BCUT2D eigenvalue weighted by Gasteiger charge is -2.19. The van der Waals surface area contributed by atoms with Gasteiger partial charge in [0.1, 0.15) is 5.75 Å². The van der Waals surface area contributed by atoms with Gasteiger partial charge >= 0.3 is 6.03 Å². The predicted molar refractivity (Wildman–Crippen MR) is 84.3 cm³/mol. The number of carbonyl (C=O) groups is 1. The number of nitrogens with two attached hydrogens (primary N) is 1. The van der Waals surface area contributed by atoms with Crippen molar-refractivity contribution in [1.29, 1.82) is 0 Å². The molecule has 0 fully saturated rings. The summed E-state index contributed by atoms with van der Waals surface area (Å²) in [6.45, 7) is 0.457. The Morgan fingerprint density at radius 1 is 1.24 bits per heavy atom. The summed E-state index contributed by atoms with van der Waals surface area (Å²) < 4.78 is 5.29. The normalized spacial score (nSPS) is 10.0. The number of rotatable bonds is 4. The van der Waals surface area contributed by atoms with E-state index in [2.05, 4.69) is 5.32 Å². The molecule has 0 heterocycles. The molecular weight excluding hydrogens is 266 g/mol. The van der Waals surface area contributed by atoms with E-state index in [4.69, 9.17) is 10.5 Å². The molecule has 110 valence electrons. The third-order valence-electron chi connectivity index (χ3n) is 3.08. The molecule has 5 nitrogen and oxygen atoms in total. The van der Waals surface area contributed by atoms with Crippen LogP contribution in [0.2, 0.25) is 0 Å². The SMILES string of the molecule is COc1ccccc1CN(C)C(=O)Nc1cccc(N)c1. The highest BCUT2D eigenvalue weighted by atomic mass is 16.5. The zero-order chi connectivity index (χ0) is 15.2. The van der Waals surface area contributed by atoms with E-state index in [-0.39, 0.29) is 6.03 Å². The van der Waals surface area contributed by atoms with Gasteiger partial charge in [0.25, 0.3) is 0 Å². The van der Waals surface area contributed by atoms with Crippen molar-refractivity contribution in [1.82, 2.24) is 4.90 Å². The number of urea groups is 1. The first-order chi connectivity index (χ1) is 10.1. The number of hydrogen-bond donors (Lipinski definition) is 2. The largest absolute Gasteiger partial charge is 0.496 e. The third-order valence-corrected chi connectivity index (χ3v) is 3.08. The Balaban J connectivity index is 2.02. The first kappa shape index (κ1) is 14.7. The Morgan fingerprint density at radius 3 is 2.71 bits per heavy atom. The van der Waals surface area contributed by atoms with Crippen molar-refractivity contribution < 1.29 is 9.53 Å². The van der Waals surface area contributed by atoms with E-state index in [9.17, 15) is 4.79 Å². The maximum atomic E-state index is 12.2. The average Bonchev–Trinajstić information content (AvgIpc) is 2.47. The van der Waals surface area contributed by atoms with Crippen LogP contribution >= 0.6 is 0 Å².